The third-order valence-corrected chi connectivity index (χ3v) is 5.33. The maximum atomic E-state index is 12.1. The van der Waals surface area contributed by atoms with Crippen molar-refractivity contribution < 1.29 is 26.3 Å². The molecule has 0 saturated carbocycles. The standard InChI is InChI=1S/C9H7F3I3NO3S/c10-9(11,12)20(17,18)16-1-2-19-8-6(14)3-5(13)4-7(8)15/h3-4,16H,1-2H2. The molecule has 1 N–H and O–H groups in total. The van der Waals surface area contributed by atoms with E-state index in [2.05, 4.69) is 22.6 Å². The Hall–Kier alpha value is 0.910. The zero-order valence-electron chi connectivity index (χ0n) is 9.47. The van der Waals surface area contributed by atoms with Gasteiger partial charge in [-0.1, -0.05) is 0 Å². The number of hydrogen-bond donors (Lipinski definition) is 1. The molecule has 114 valence electrons. The van der Waals surface area contributed by atoms with Gasteiger partial charge in [0.25, 0.3) is 0 Å². The normalized spacial score (nSPS) is 12.5. The molecule has 0 amide bonds. The molecule has 0 radical (unpaired) electrons. The average Bonchev–Trinajstić information content (AvgIpc) is 2.24. The third kappa shape index (κ3) is 5.28. The van der Waals surface area contributed by atoms with Crippen LogP contribution in [0.25, 0.3) is 0 Å². The molecule has 0 spiro atoms. The van der Waals surface area contributed by atoms with Gasteiger partial charge in [0.1, 0.15) is 12.4 Å². The smallest absolute Gasteiger partial charge is 0.490 e. The number of benzene rings is 1. The Balaban J connectivity index is 2.59. The van der Waals surface area contributed by atoms with Crippen LogP contribution in [0.1, 0.15) is 0 Å². The molecule has 1 aromatic carbocycles. The van der Waals surface area contributed by atoms with Gasteiger partial charge < -0.3 is 4.74 Å². The molecular formula is C9H7F3I3NO3S. The summed E-state index contributed by atoms with van der Waals surface area (Å²) >= 11 is 6.21. The van der Waals surface area contributed by atoms with E-state index in [-0.39, 0.29) is 6.61 Å². The van der Waals surface area contributed by atoms with Crippen molar-refractivity contribution in [2.45, 2.75) is 5.51 Å². The van der Waals surface area contributed by atoms with E-state index in [1.165, 1.54) is 4.72 Å². The quantitative estimate of drug-likeness (QED) is 0.395. The highest BCUT2D eigenvalue weighted by atomic mass is 127. The van der Waals surface area contributed by atoms with Crippen LogP contribution in [-0.4, -0.2) is 27.1 Å². The van der Waals surface area contributed by atoms with Crippen LogP contribution < -0.4 is 9.46 Å². The van der Waals surface area contributed by atoms with Gasteiger partial charge in [-0.15, -0.1) is 0 Å². The molecule has 1 aromatic rings. The molecule has 0 saturated heterocycles. The van der Waals surface area contributed by atoms with Gasteiger partial charge in [0, 0.05) is 10.1 Å². The van der Waals surface area contributed by atoms with E-state index in [0.29, 0.717) is 5.75 Å². The van der Waals surface area contributed by atoms with Crippen molar-refractivity contribution in [2.24, 2.45) is 0 Å². The molecule has 0 aliphatic rings. The van der Waals surface area contributed by atoms with Crippen LogP contribution in [0.2, 0.25) is 0 Å². The van der Waals surface area contributed by atoms with E-state index in [9.17, 15) is 21.6 Å². The Kier molecular flexibility index (Phi) is 7.06. The van der Waals surface area contributed by atoms with Crippen molar-refractivity contribution in [1.82, 2.24) is 4.72 Å². The van der Waals surface area contributed by atoms with Crippen LogP contribution >= 0.6 is 67.8 Å². The summed E-state index contributed by atoms with van der Waals surface area (Å²) in [4.78, 5) is 0. The van der Waals surface area contributed by atoms with Crippen molar-refractivity contribution in [2.75, 3.05) is 13.2 Å². The molecule has 0 heterocycles. The zero-order chi connectivity index (χ0) is 15.6. The molecule has 1 rings (SSSR count). The number of ether oxygens (including phenoxy) is 1. The number of rotatable bonds is 5. The van der Waals surface area contributed by atoms with Gasteiger partial charge in [0.05, 0.1) is 7.14 Å². The SMILES string of the molecule is O=S(=O)(NCCOc1c(I)cc(I)cc1I)C(F)(F)F. The fraction of sp³-hybridized carbons (Fsp3) is 0.333. The number of nitrogens with one attached hydrogen (secondary N) is 1. The van der Waals surface area contributed by atoms with Crippen molar-refractivity contribution in [3.63, 3.8) is 0 Å². The summed E-state index contributed by atoms with van der Waals surface area (Å²) in [7, 11) is -5.31. The average molecular weight is 647 g/mol. The van der Waals surface area contributed by atoms with Gasteiger partial charge >= 0.3 is 15.5 Å². The molecule has 0 unspecified atom stereocenters. The summed E-state index contributed by atoms with van der Waals surface area (Å²) in [6, 6.07) is 3.69. The minimum atomic E-state index is -5.31. The Labute approximate surface area is 154 Å². The van der Waals surface area contributed by atoms with Crippen molar-refractivity contribution >= 4 is 77.8 Å². The lowest BCUT2D eigenvalue weighted by Crippen LogP contribution is -2.38. The topological polar surface area (TPSA) is 55.4 Å². The lowest BCUT2D eigenvalue weighted by Gasteiger charge is -2.12. The van der Waals surface area contributed by atoms with Gasteiger partial charge in [-0.3, -0.25) is 0 Å². The van der Waals surface area contributed by atoms with Crippen molar-refractivity contribution in [3.8, 4) is 5.75 Å². The van der Waals surface area contributed by atoms with Crippen LogP contribution in [0.4, 0.5) is 13.2 Å². The first-order chi connectivity index (χ1) is 9.04. The van der Waals surface area contributed by atoms with Gasteiger partial charge in [0.2, 0.25) is 0 Å². The molecular weight excluding hydrogens is 640 g/mol. The molecule has 0 fully saturated rings. The van der Waals surface area contributed by atoms with Crippen molar-refractivity contribution in [3.05, 3.63) is 22.8 Å². The second-order valence-electron chi connectivity index (χ2n) is 3.39. The van der Waals surface area contributed by atoms with Crippen LogP contribution in [0, 0.1) is 10.7 Å². The van der Waals surface area contributed by atoms with Crippen LogP contribution in [-0.2, 0) is 10.0 Å². The summed E-state index contributed by atoms with van der Waals surface area (Å²) in [5.41, 5.74) is -5.31. The molecule has 0 aliphatic carbocycles. The first kappa shape index (κ1) is 19.0. The van der Waals surface area contributed by atoms with Crippen LogP contribution in [0.15, 0.2) is 12.1 Å². The summed E-state index contributed by atoms with van der Waals surface area (Å²) in [6.07, 6.45) is 0. The van der Waals surface area contributed by atoms with E-state index < -0.39 is 22.1 Å². The fourth-order valence-electron chi connectivity index (χ4n) is 1.08. The van der Waals surface area contributed by atoms with Gasteiger partial charge in [-0.25, -0.2) is 13.1 Å². The van der Waals surface area contributed by atoms with Crippen LogP contribution in [0.3, 0.4) is 0 Å². The van der Waals surface area contributed by atoms with Gasteiger partial charge in [-0.2, -0.15) is 13.2 Å². The molecule has 20 heavy (non-hydrogen) atoms. The first-order valence-electron chi connectivity index (χ1n) is 4.88. The second kappa shape index (κ2) is 7.45. The van der Waals surface area contributed by atoms with E-state index in [0.717, 1.165) is 10.7 Å². The number of hydrogen-bond acceptors (Lipinski definition) is 3. The molecule has 0 atom stereocenters. The largest absolute Gasteiger partial charge is 0.511 e. The lowest BCUT2D eigenvalue weighted by molar-refractivity contribution is -0.0448. The summed E-state index contributed by atoms with van der Waals surface area (Å²) in [5, 5.41) is 0. The van der Waals surface area contributed by atoms with Gasteiger partial charge in [-0.05, 0) is 79.9 Å². The van der Waals surface area contributed by atoms with Gasteiger partial charge in [0.15, 0.2) is 0 Å². The van der Waals surface area contributed by atoms with Crippen LogP contribution in [0.5, 0.6) is 5.75 Å². The monoisotopic (exact) mass is 647 g/mol. The Morgan fingerprint density at radius 2 is 1.65 bits per heavy atom. The maximum Gasteiger partial charge on any atom is 0.511 e. The highest BCUT2D eigenvalue weighted by Crippen LogP contribution is 2.29. The minimum Gasteiger partial charge on any atom is -0.490 e. The highest BCUT2D eigenvalue weighted by Gasteiger charge is 2.45. The lowest BCUT2D eigenvalue weighted by atomic mass is 10.3. The van der Waals surface area contributed by atoms with Crippen molar-refractivity contribution in [1.29, 1.82) is 0 Å². The van der Waals surface area contributed by atoms with E-state index in [4.69, 9.17) is 4.74 Å². The summed E-state index contributed by atoms with van der Waals surface area (Å²) < 4.78 is 67.0. The molecule has 0 bridgehead atoms. The Morgan fingerprint density at radius 1 is 1.15 bits per heavy atom. The van der Waals surface area contributed by atoms with E-state index >= 15 is 0 Å². The zero-order valence-corrected chi connectivity index (χ0v) is 16.8. The summed E-state index contributed by atoms with van der Waals surface area (Å²) in [5.74, 6) is 0.526. The fourth-order valence-corrected chi connectivity index (χ4v) is 5.49. The molecule has 0 aromatic heterocycles. The molecule has 0 aliphatic heterocycles. The van der Waals surface area contributed by atoms with E-state index in [1.54, 1.807) is 0 Å². The predicted molar refractivity (Wildman–Crippen MR) is 93.1 cm³/mol. The Morgan fingerprint density at radius 3 is 2.10 bits per heavy atom. The molecule has 11 heteroatoms. The molecule has 4 nitrogen and oxygen atoms in total. The first-order valence-corrected chi connectivity index (χ1v) is 9.60. The number of halogens is 6. The highest BCUT2D eigenvalue weighted by molar-refractivity contribution is 14.1. The number of sulfonamides is 1. The Bertz CT molecular complexity index is 569. The maximum absolute atomic E-state index is 12.1. The van der Waals surface area contributed by atoms with E-state index in [1.807, 2.05) is 57.3 Å². The number of alkyl halides is 3. The third-order valence-electron chi connectivity index (χ3n) is 1.91. The predicted octanol–water partition coefficient (Wildman–Crippen LogP) is 3.32. The summed E-state index contributed by atoms with van der Waals surface area (Å²) in [6.45, 7) is -0.651. The minimum absolute atomic E-state index is 0.193. The second-order valence-corrected chi connectivity index (χ2v) is 8.72.